The second-order valence-electron chi connectivity index (χ2n) is 2.53. The van der Waals surface area contributed by atoms with Gasteiger partial charge in [0.1, 0.15) is 18.2 Å². The van der Waals surface area contributed by atoms with Gasteiger partial charge < -0.3 is 9.52 Å². The molecule has 1 aromatic carbocycles. The summed E-state index contributed by atoms with van der Waals surface area (Å²) in [6, 6.07) is 7.10. The Morgan fingerprint density at radius 3 is 3.08 bits per heavy atom. The van der Waals surface area contributed by atoms with E-state index in [1.165, 1.54) is 0 Å². The van der Waals surface area contributed by atoms with E-state index < -0.39 is 0 Å². The first-order valence-electron chi connectivity index (χ1n) is 3.74. The molecule has 2 rings (SSSR count). The second kappa shape index (κ2) is 2.88. The Labute approximate surface area is 74.0 Å². The summed E-state index contributed by atoms with van der Waals surface area (Å²) in [6.07, 6.45) is 0. The summed E-state index contributed by atoms with van der Waals surface area (Å²) in [6.45, 7) is -0.250. The van der Waals surface area contributed by atoms with E-state index in [1.54, 1.807) is 18.2 Å². The molecule has 0 saturated carbocycles. The number of hydrogen-bond donors (Lipinski definition) is 1. The summed E-state index contributed by atoms with van der Waals surface area (Å²) in [4.78, 5) is 3.97. The molecule has 64 valence electrons. The largest absolute Gasteiger partial charge is 0.437 e. The van der Waals surface area contributed by atoms with Crippen molar-refractivity contribution in [2.45, 2.75) is 6.61 Å². The molecule has 1 heterocycles. The summed E-state index contributed by atoms with van der Waals surface area (Å²) in [5.74, 6) is 0.234. The molecule has 0 radical (unpaired) electrons. The molecule has 0 aliphatic rings. The number of rotatable bonds is 1. The number of hydrogen-bond acceptors (Lipinski definition) is 4. The molecule has 0 saturated heterocycles. The van der Waals surface area contributed by atoms with Crippen LogP contribution in [-0.2, 0) is 6.61 Å². The molecule has 2 aromatic rings. The van der Waals surface area contributed by atoms with Crippen molar-refractivity contribution in [2.75, 3.05) is 0 Å². The quantitative estimate of drug-likeness (QED) is 0.704. The normalized spacial score (nSPS) is 10.2. The Kier molecular flexibility index (Phi) is 1.72. The van der Waals surface area contributed by atoms with Crippen molar-refractivity contribution >= 4 is 11.1 Å². The first-order chi connectivity index (χ1) is 6.35. The third kappa shape index (κ3) is 1.15. The van der Waals surface area contributed by atoms with Gasteiger partial charge in [-0.3, -0.25) is 0 Å². The Hall–Kier alpha value is -1.86. The molecule has 1 aromatic heterocycles. The van der Waals surface area contributed by atoms with Crippen LogP contribution in [0, 0.1) is 11.3 Å². The van der Waals surface area contributed by atoms with Crippen molar-refractivity contribution in [3.05, 3.63) is 29.7 Å². The predicted octanol–water partition coefficient (Wildman–Crippen LogP) is 1.19. The third-order valence-corrected chi connectivity index (χ3v) is 1.71. The lowest BCUT2D eigenvalue weighted by Crippen LogP contribution is -1.78. The van der Waals surface area contributed by atoms with Crippen LogP contribution in [0.5, 0.6) is 0 Å². The number of benzene rings is 1. The summed E-state index contributed by atoms with van der Waals surface area (Å²) in [5, 5.41) is 17.5. The van der Waals surface area contributed by atoms with E-state index in [-0.39, 0.29) is 12.5 Å². The van der Waals surface area contributed by atoms with Crippen LogP contribution in [-0.4, -0.2) is 10.1 Å². The maximum absolute atomic E-state index is 8.76. The summed E-state index contributed by atoms with van der Waals surface area (Å²) in [7, 11) is 0. The maximum Gasteiger partial charge on any atom is 0.221 e. The Balaban J connectivity index is 2.76. The van der Waals surface area contributed by atoms with Gasteiger partial charge in [0, 0.05) is 0 Å². The number of aliphatic hydroxyl groups excluding tert-OH is 1. The number of fused-ring (bicyclic) bond motifs is 1. The van der Waals surface area contributed by atoms with Crippen LogP contribution >= 0.6 is 0 Å². The first kappa shape index (κ1) is 7.77. The SMILES string of the molecule is N#Cc1cccc2nc(CO)oc12. The molecular formula is C9H6N2O2. The molecule has 0 atom stereocenters. The molecule has 0 fully saturated rings. The number of oxazole rings is 1. The standard InChI is InChI=1S/C9H6N2O2/c10-4-6-2-1-3-7-9(6)13-8(5-12)11-7/h1-3,12H,5H2. The zero-order valence-corrected chi connectivity index (χ0v) is 6.69. The fraction of sp³-hybridized carbons (Fsp3) is 0.111. The van der Waals surface area contributed by atoms with Crippen molar-refractivity contribution in [3.8, 4) is 6.07 Å². The number of nitrogens with zero attached hydrogens (tertiary/aromatic N) is 2. The number of nitriles is 1. The second-order valence-corrected chi connectivity index (χ2v) is 2.53. The van der Waals surface area contributed by atoms with Crippen LogP contribution in [0.2, 0.25) is 0 Å². The topological polar surface area (TPSA) is 70.0 Å². The zero-order valence-electron chi connectivity index (χ0n) is 6.69. The third-order valence-electron chi connectivity index (χ3n) is 1.71. The smallest absolute Gasteiger partial charge is 0.221 e. The number of para-hydroxylation sites is 1. The van der Waals surface area contributed by atoms with E-state index in [1.807, 2.05) is 6.07 Å². The highest BCUT2D eigenvalue weighted by Crippen LogP contribution is 2.18. The van der Waals surface area contributed by atoms with Crippen LogP contribution in [0.4, 0.5) is 0 Å². The van der Waals surface area contributed by atoms with Gasteiger partial charge in [0.2, 0.25) is 5.89 Å². The van der Waals surface area contributed by atoms with Crippen molar-refractivity contribution in [1.29, 1.82) is 5.26 Å². The fourth-order valence-electron chi connectivity index (χ4n) is 1.15. The van der Waals surface area contributed by atoms with Gasteiger partial charge in [0.15, 0.2) is 5.58 Å². The van der Waals surface area contributed by atoms with E-state index in [4.69, 9.17) is 14.8 Å². The highest BCUT2D eigenvalue weighted by Gasteiger charge is 2.07. The van der Waals surface area contributed by atoms with E-state index >= 15 is 0 Å². The van der Waals surface area contributed by atoms with Crippen LogP contribution in [0.25, 0.3) is 11.1 Å². The van der Waals surface area contributed by atoms with E-state index in [2.05, 4.69) is 4.98 Å². The molecule has 0 unspecified atom stereocenters. The average Bonchev–Trinajstić information content (AvgIpc) is 2.59. The van der Waals surface area contributed by atoms with Gasteiger partial charge in [-0.25, -0.2) is 4.98 Å². The lowest BCUT2D eigenvalue weighted by molar-refractivity contribution is 0.244. The Morgan fingerprint density at radius 1 is 1.54 bits per heavy atom. The van der Waals surface area contributed by atoms with E-state index in [0.717, 1.165) is 0 Å². The molecule has 0 aliphatic heterocycles. The molecular weight excluding hydrogens is 168 g/mol. The lowest BCUT2D eigenvalue weighted by Gasteiger charge is -1.87. The van der Waals surface area contributed by atoms with Crippen LogP contribution in [0.1, 0.15) is 11.5 Å². The zero-order chi connectivity index (χ0) is 9.26. The summed E-state index contributed by atoms with van der Waals surface area (Å²) in [5.41, 5.74) is 1.47. The van der Waals surface area contributed by atoms with Crippen molar-refractivity contribution in [3.63, 3.8) is 0 Å². The van der Waals surface area contributed by atoms with Gasteiger partial charge in [0.05, 0.1) is 5.56 Å². The van der Waals surface area contributed by atoms with Crippen molar-refractivity contribution in [2.24, 2.45) is 0 Å². The average molecular weight is 174 g/mol. The van der Waals surface area contributed by atoms with Gasteiger partial charge in [0.25, 0.3) is 0 Å². The molecule has 0 spiro atoms. The Bertz CT molecular complexity index is 482. The molecule has 4 nitrogen and oxygen atoms in total. The van der Waals surface area contributed by atoms with Gasteiger partial charge in [-0.05, 0) is 12.1 Å². The molecule has 0 bridgehead atoms. The van der Waals surface area contributed by atoms with Crippen molar-refractivity contribution < 1.29 is 9.52 Å². The molecule has 13 heavy (non-hydrogen) atoms. The molecule has 1 N–H and O–H groups in total. The minimum atomic E-state index is -0.250. The van der Waals surface area contributed by atoms with Gasteiger partial charge in [-0.1, -0.05) is 6.07 Å². The minimum Gasteiger partial charge on any atom is -0.437 e. The van der Waals surface area contributed by atoms with Crippen LogP contribution < -0.4 is 0 Å². The summed E-state index contributed by atoms with van der Waals surface area (Å²) < 4.78 is 5.16. The predicted molar refractivity (Wildman–Crippen MR) is 44.6 cm³/mol. The monoisotopic (exact) mass is 174 g/mol. The van der Waals surface area contributed by atoms with E-state index in [9.17, 15) is 0 Å². The van der Waals surface area contributed by atoms with Crippen molar-refractivity contribution in [1.82, 2.24) is 4.98 Å². The van der Waals surface area contributed by atoms with Gasteiger partial charge in [-0.15, -0.1) is 0 Å². The molecule has 0 amide bonds. The maximum atomic E-state index is 8.76. The van der Waals surface area contributed by atoms with Crippen LogP contribution in [0.15, 0.2) is 22.6 Å². The van der Waals surface area contributed by atoms with Crippen LogP contribution in [0.3, 0.4) is 0 Å². The highest BCUT2D eigenvalue weighted by atomic mass is 16.4. The van der Waals surface area contributed by atoms with E-state index in [0.29, 0.717) is 16.7 Å². The summed E-state index contributed by atoms with van der Waals surface area (Å²) >= 11 is 0. The number of aromatic nitrogens is 1. The highest BCUT2D eigenvalue weighted by molar-refractivity contribution is 5.78. The number of aliphatic hydroxyl groups is 1. The first-order valence-corrected chi connectivity index (χ1v) is 3.74. The molecule has 4 heteroatoms. The van der Waals surface area contributed by atoms with Gasteiger partial charge in [-0.2, -0.15) is 5.26 Å². The molecule has 0 aliphatic carbocycles. The minimum absolute atomic E-state index is 0.234. The lowest BCUT2D eigenvalue weighted by atomic mass is 10.2. The fourth-order valence-corrected chi connectivity index (χ4v) is 1.15. The van der Waals surface area contributed by atoms with Gasteiger partial charge >= 0.3 is 0 Å². The Morgan fingerprint density at radius 2 is 2.38 bits per heavy atom.